The molecule has 0 saturated heterocycles. The van der Waals surface area contributed by atoms with Gasteiger partial charge in [0.1, 0.15) is 0 Å². The topological polar surface area (TPSA) is 26.3 Å². The molecule has 0 unspecified atom stereocenters. The average molecular weight is 158 g/mol. The molecule has 0 rings (SSSR count). The van der Waals surface area contributed by atoms with Crippen molar-refractivity contribution in [3.8, 4) is 0 Å². The van der Waals surface area contributed by atoms with E-state index < -0.39 is 0 Å². The summed E-state index contributed by atoms with van der Waals surface area (Å²) in [6, 6.07) is 0. The molecular formula is C7H10O2S. The Balaban J connectivity index is 3.56. The zero-order valence-electron chi connectivity index (χ0n) is 6.09. The number of hydrogen-bond donors (Lipinski definition) is 0. The summed E-state index contributed by atoms with van der Waals surface area (Å²) in [5, 5.41) is 0. The van der Waals surface area contributed by atoms with E-state index in [9.17, 15) is 4.79 Å². The van der Waals surface area contributed by atoms with Crippen LogP contribution in [0.4, 0.5) is 0 Å². The van der Waals surface area contributed by atoms with Gasteiger partial charge in [-0.05, 0) is 18.2 Å². The van der Waals surface area contributed by atoms with Gasteiger partial charge in [0.2, 0.25) is 0 Å². The van der Waals surface area contributed by atoms with E-state index in [1.165, 1.54) is 13.2 Å². The molecule has 0 aliphatic carbocycles. The summed E-state index contributed by atoms with van der Waals surface area (Å²) in [6.07, 6.45) is 3.72. The summed E-state index contributed by atoms with van der Waals surface area (Å²) in [7, 11) is 1.34. The number of esters is 1. The molecule has 0 aromatic heterocycles. The number of ether oxygens (including phenoxy) is 1. The Labute approximate surface area is 65.9 Å². The van der Waals surface area contributed by atoms with Gasteiger partial charge in [-0.3, -0.25) is 0 Å². The molecule has 0 aromatic rings. The van der Waals surface area contributed by atoms with Gasteiger partial charge in [-0.25, -0.2) is 4.79 Å². The van der Waals surface area contributed by atoms with E-state index in [-0.39, 0.29) is 5.97 Å². The third kappa shape index (κ3) is 5.44. The summed E-state index contributed by atoms with van der Waals surface area (Å²) in [4.78, 5) is 11.3. The number of allylic oxidation sites excluding steroid dienone is 1. The smallest absolute Gasteiger partial charge is 0.330 e. The van der Waals surface area contributed by atoms with Crippen LogP contribution in [-0.4, -0.2) is 17.9 Å². The van der Waals surface area contributed by atoms with Crippen molar-refractivity contribution >= 4 is 23.1 Å². The van der Waals surface area contributed by atoms with Crippen LogP contribution < -0.4 is 0 Å². The van der Waals surface area contributed by atoms with E-state index in [2.05, 4.69) is 4.74 Å². The molecule has 0 amide bonds. The lowest BCUT2D eigenvalue weighted by atomic mass is 10.3. The van der Waals surface area contributed by atoms with Crippen molar-refractivity contribution in [2.75, 3.05) is 7.11 Å². The van der Waals surface area contributed by atoms with E-state index in [1.54, 1.807) is 6.08 Å². The normalized spacial score (nSPS) is 9.80. The van der Waals surface area contributed by atoms with Crippen LogP contribution in [0.1, 0.15) is 13.3 Å². The molecule has 3 heteroatoms. The minimum absolute atomic E-state index is 0.337. The monoisotopic (exact) mass is 158 g/mol. The highest BCUT2D eigenvalue weighted by Gasteiger charge is 1.88. The summed E-state index contributed by atoms with van der Waals surface area (Å²) in [6.45, 7) is 1.83. The fourth-order valence-electron chi connectivity index (χ4n) is 0.389. The second-order valence-electron chi connectivity index (χ2n) is 1.83. The lowest BCUT2D eigenvalue weighted by molar-refractivity contribution is -0.134. The first-order chi connectivity index (χ1) is 4.66. The summed E-state index contributed by atoms with van der Waals surface area (Å²) in [5.74, 6) is -0.337. The number of carbonyl (C=O) groups is 1. The molecule has 10 heavy (non-hydrogen) atoms. The molecule has 2 nitrogen and oxygen atoms in total. The summed E-state index contributed by atoms with van der Waals surface area (Å²) < 4.78 is 4.36. The number of hydrogen-bond acceptors (Lipinski definition) is 3. The van der Waals surface area contributed by atoms with Gasteiger partial charge in [-0.2, -0.15) is 0 Å². The molecule has 0 aliphatic heterocycles. The molecule has 0 aromatic carbocycles. The van der Waals surface area contributed by atoms with Crippen LogP contribution >= 0.6 is 12.2 Å². The van der Waals surface area contributed by atoms with Crippen LogP contribution in [-0.2, 0) is 9.53 Å². The molecule has 0 spiro atoms. The Kier molecular flexibility index (Phi) is 4.76. The lowest BCUT2D eigenvalue weighted by Crippen LogP contribution is -1.94. The first-order valence-electron chi connectivity index (χ1n) is 2.90. The van der Waals surface area contributed by atoms with Gasteiger partial charge in [0.25, 0.3) is 0 Å². The van der Waals surface area contributed by atoms with Gasteiger partial charge in [0, 0.05) is 6.08 Å². The minimum atomic E-state index is -0.337. The molecule has 0 radical (unpaired) electrons. The number of thiocarbonyl (C=S) groups is 1. The zero-order valence-corrected chi connectivity index (χ0v) is 6.90. The van der Waals surface area contributed by atoms with Gasteiger partial charge in [0.15, 0.2) is 0 Å². The third-order valence-corrected chi connectivity index (χ3v) is 1.03. The Morgan fingerprint density at radius 1 is 1.70 bits per heavy atom. The molecule has 0 bridgehead atoms. The molecular weight excluding hydrogens is 148 g/mol. The first-order valence-corrected chi connectivity index (χ1v) is 3.31. The van der Waals surface area contributed by atoms with Gasteiger partial charge in [-0.15, -0.1) is 0 Å². The Morgan fingerprint density at radius 2 is 2.30 bits per heavy atom. The molecule has 0 heterocycles. The third-order valence-electron chi connectivity index (χ3n) is 0.860. The maximum Gasteiger partial charge on any atom is 0.330 e. The fourth-order valence-corrected chi connectivity index (χ4v) is 0.485. The zero-order chi connectivity index (χ0) is 7.98. The van der Waals surface area contributed by atoms with Gasteiger partial charge in [-0.1, -0.05) is 18.3 Å². The number of methoxy groups -OCH3 is 1. The Hall–Kier alpha value is -0.700. The molecule has 0 fully saturated rings. The standard InChI is InChI=1S/C7H10O2S/c1-6(10)4-3-5-7(8)9-2/h3,5H,4H2,1-2H3/b5-3-. The maximum absolute atomic E-state index is 10.4. The van der Waals surface area contributed by atoms with Crippen molar-refractivity contribution in [2.24, 2.45) is 0 Å². The van der Waals surface area contributed by atoms with Crippen molar-refractivity contribution in [3.63, 3.8) is 0 Å². The van der Waals surface area contributed by atoms with Crippen molar-refractivity contribution in [2.45, 2.75) is 13.3 Å². The highest BCUT2D eigenvalue weighted by atomic mass is 32.1. The van der Waals surface area contributed by atoms with Crippen LogP contribution in [0.25, 0.3) is 0 Å². The highest BCUT2D eigenvalue weighted by Crippen LogP contribution is 1.88. The minimum Gasteiger partial charge on any atom is -0.466 e. The van der Waals surface area contributed by atoms with E-state index in [0.29, 0.717) is 6.42 Å². The quantitative estimate of drug-likeness (QED) is 0.353. The number of carbonyl (C=O) groups excluding carboxylic acids is 1. The van der Waals surface area contributed by atoms with Crippen LogP contribution in [0.5, 0.6) is 0 Å². The van der Waals surface area contributed by atoms with E-state index in [4.69, 9.17) is 12.2 Å². The first kappa shape index (κ1) is 9.30. The fraction of sp³-hybridized carbons (Fsp3) is 0.429. The lowest BCUT2D eigenvalue weighted by Gasteiger charge is -1.88. The van der Waals surface area contributed by atoms with Crippen LogP contribution in [0, 0.1) is 0 Å². The van der Waals surface area contributed by atoms with Crippen LogP contribution in [0.2, 0.25) is 0 Å². The Morgan fingerprint density at radius 3 is 2.70 bits per heavy atom. The van der Waals surface area contributed by atoms with Crippen LogP contribution in [0.15, 0.2) is 12.2 Å². The Bertz CT molecular complexity index is 161. The molecule has 0 N–H and O–H groups in total. The van der Waals surface area contributed by atoms with Gasteiger partial charge in [0.05, 0.1) is 7.11 Å². The van der Waals surface area contributed by atoms with Gasteiger partial charge < -0.3 is 4.74 Å². The molecule has 0 saturated carbocycles. The van der Waals surface area contributed by atoms with Crippen molar-refractivity contribution in [1.82, 2.24) is 0 Å². The SMILES string of the molecule is COC(=O)/C=C\CC(C)=S. The van der Waals surface area contributed by atoms with Crippen molar-refractivity contribution in [1.29, 1.82) is 0 Å². The summed E-state index contributed by atoms with van der Waals surface area (Å²) in [5.41, 5.74) is 0. The number of rotatable bonds is 3. The largest absolute Gasteiger partial charge is 0.466 e. The molecule has 0 atom stereocenters. The van der Waals surface area contributed by atoms with Gasteiger partial charge >= 0.3 is 5.97 Å². The second kappa shape index (κ2) is 5.11. The molecule has 56 valence electrons. The van der Waals surface area contributed by atoms with Crippen molar-refractivity contribution in [3.05, 3.63) is 12.2 Å². The van der Waals surface area contributed by atoms with Crippen LogP contribution in [0.3, 0.4) is 0 Å². The maximum atomic E-state index is 10.4. The predicted molar refractivity (Wildman–Crippen MR) is 44.0 cm³/mol. The van der Waals surface area contributed by atoms with Crippen molar-refractivity contribution < 1.29 is 9.53 Å². The summed E-state index contributed by atoms with van der Waals surface area (Å²) >= 11 is 4.78. The average Bonchev–Trinajstić information content (AvgIpc) is 1.87. The highest BCUT2D eigenvalue weighted by molar-refractivity contribution is 7.80. The van der Waals surface area contributed by atoms with E-state index in [1.807, 2.05) is 6.92 Å². The second-order valence-corrected chi connectivity index (χ2v) is 2.53. The molecule has 0 aliphatic rings. The van der Waals surface area contributed by atoms with E-state index >= 15 is 0 Å². The van der Waals surface area contributed by atoms with E-state index in [0.717, 1.165) is 4.86 Å². The predicted octanol–water partition coefficient (Wildman–Crippen LogP) is 1.50.